The zero-order valence-corrected chi connectivity index (χ0v) is 17.6. The van der Waals surface area contributed by atoms with Crippen molar-refractivity contribution in [2.45, 2.75) is 44.4 Å². The number of carbonyl (C=O) groups excluding carboxylic acids is 2. The monoisotopic (exact) mass is 457 g/mol. The summed E-state index contributed by atoms with van der Waals surface area (Å²) in [5.74, 6) is -2.62. The van der Waals surface area contributed by atoms with Gasteiger partial charge in [-0.15, -0.1) is 0 Å². The number of rotatable bonds is 9. The van der Waals surface area contributed by atoms with Crippen LogP contribution in [0.4, 0.5) is 13.2 Å². The number of aliphatic carboxylic acids is 1. The van der Waals surface area contributed by atoms with E-state index in [-0.39, 0.29) is 24.9 Å². The Kier molecular flexibility index (Phi) is 11.2. The van der Waals surface area contributed by atoms with Gasteiger partial charge in [0.1, 0.15) is 18.8 Å². The number of esters is 1. The number of methoxy groups -OCH3 is 1. The van der Waals surface area contributed by atoms with Gasteiger partial charge in [-0.3, -0.25) is 9.59 Å². The number of halogens is 3. The van der Waals surface area contributed by atoms with E-state index in [0.717, 1.165) is 30.6 Å². The number of ketones is 1. The number of benzene rings is 1. The molecule has 0 spiro atoms. The highest BCUT2D eigenvalue weighted by Gasteiger charge is 2.38. The second-order valence-electron chi connectivity index (χ2n) is 6.75. The highest BCUT2D eigenvalue weighted by molar-refractivity contribution is 6.06. The minimum Gasteiger partial charge on any atom is -0.497 e. The minimum absolute atomic E-state index is 0.0319. The molecule has 1 aliphatic carbocycles. The van der Waals surface area contributed by atoms with Gasteiger partial charge in [-0.25, -0.2) is 4.79 Å². The molecule has 2 N–H and O–H groups in total. The lowest BCUT2D eigenvalue weighted by atomic mass is 9.90. The molecule has 176 valence electrons. The Morgan fingerprint density at radius 2 is 1.88 bits per heavy atom. The summed E-state index contributed by atoms with van der Waals surface area (Å²) in [6, 6.07) is 7.78. The average molecular weight is 457 g/mol. The Morgan fingerprint density at radius 1 is 1.25 bits per heavy atom. The van der Waals surface area contributed by atoms with E-state index in [1.54, 1.807) is 7.11 Å². The number of Topliss-reactive ketones (excluding diaryl/α,β-unsaturated/α-hetero) is 1. The molecule has 0 bridgehead atoms. The van der Waals surface area contributed by atoms with E-state index in [2.05, 4.69) is 11.9 Å². The zero-order valence-electron chi connectivity index (χ0n) is 17.6. The van der Waals surface area contributed by atoms with Crippen molar-refractivity contribution in [3.05, 3.63) is 54.1 Å². The molecule has 1 aromatic carbocycles. The summed E-state index contributed by atoms with van der Waals surface area (Å²) in [7, 11) is 1.64. The van der Waals surface area contributed by atoms with Gasteiger partial charge in [0.15, 0.2) is 5.78 Å². The van der Waals surface area contributed by atoms with Crippen LogP contribution in [0.2, 0.25) is 0 Å². The molecule has 32 heavy (non-hydrogen) atoms. The van der Waals surface area contributed by atoms with Crippen molar-refractivity contribution < 1.29 is 42.1 Å². The standard InChI is InChI=1S/C20H25NO4.C2HF3O2/c1-3-12-25-20(23)13-19(22)17-6-4-5-7-18(17)21-14-15-8-10-16(24-2)11-9-15;3-2(4,5)1(6)7/h3,6,8-11,18,21H,1,4-5,7,12-14H2,2H3;(H,6,7)/t18-;/m0./s1. The van der Waals surface area contributed by atoms with E-state index in [0.29, 0.717) is 12.1 Å². The van der Waals surface area contributed by atoms with Gasteiger partial charge in [0.05, 0.1) is 7.11 Å². The van der Waals surface area contributed by atoms with Crippen LogP contribution in [-0.2, 0) is 25.7 Å². The number of alkyl halides is 3. The normalized spacial score (nSPS) is 15.5. The van der Waals surface area contributed by atoms with E-state index in [4.69, 9.17) is 19.4 Å². The molecule has 7 nitrogen and oxygen atoms in total. The summed E-state index contributed by atoms with van der Waals surface area (Å²) < 4.78 is 41.8. The van der Waals surface area contributed by atoms with Gasteiger partial charge in [-0.05, 0) is 37.0 Å². The molecule has 1 aromatic rings. The number of nitrogens with one attached hydrogen (secondary N) is 1. The first-order valence-electron chi connectivity index (χ1n) is 9.74. The van der Waals surface area contributed by atoms with Crippen molar-refractivity contribution in [2.24, 2.45) is 0 Å². The fourth-order valence-corrected chi connectivity index (χ4v) is 2.82. The van der Waals surface area contributed by atoms with Crippen LogP contribution in [0.1, 0.15) is 31.2 Å². The number of carboxylic acid groups (broad SMARTS) is 1. The number of ether oxygens (including phenoxy) is 2. The molecule has 1 atom stereocenters. The van der Waals surface area contributed by atoms with Crippen molar-refractivity contribution in [3.63, 3.8) is 0 Å². The molecule has 0 unspecified atom stereocenters. The molecule has 0 radical (unpaired) electrons. The smallest absolute Gasteiger partial charge is 0.490 e. The van der Waals surface area contributed by atoms with Crippen molar-refractivity contribution >= 4 is 17.7 Å². The van der Waals surface area contributed by atoms with Gasteiger partial charge in [-0.2, -0.15) is 13.2 Å². The van der Waals surface area contributed by atoms with E-state index in [1.165, 1.54) is 6.08 Å². The van der Waals surface area contributed by atoms with Gasteiger partial charge < -0.3 is 19.9 Å². The maximum Gasteiger partial charge on any atom is 0.490 e. The Bertz CT molecular complexity index is 818. The lowest BCUT2D eigenvalue weighted by Crippen LogP contribution is -2.35. The number of hydrogen-bond acceptors (Lipinski definition) is 6. The van der Waals surface area contributed by atoms with Crippen LogP contribution in [0.25, 0.3) is 0 Å². The fourth-order valence-electron chi connectivity index (χ4n) is 2.82. The molecule has 10 heteroatoms. The van der Waals surface area contributed by atoms with E-state index < -0.39 is 18.1 Å². The third-order valence-corrected chi connectivity index (χ3v) is 4.38. The summed E-state index contributed by atoms with van der Waals surface area (Å²) in [5, 5.41) is 10.5. The maximum absolute atomic E-state index is 12.4. The van der Waals surface area contributed by atoms with Gasteiger partial charge in [0, 0.05) is 18.2 Å². The first kappa shape index (κ1) is 26.9. The lowest BCUT2D eigenvalue weighted by molar-refractivity contribution is -0.192. The summed E-state index contributed by atoms with van der Waals surface area (Å²) in [6.07, 6.45) is 0.900. The SMILES string of the molecule is C=CCOC(=O)CC(=O)C1=CCCC[C@@H]1NCc1ccc(OC)cc1.O=C(O)C(F)(F)F. The number of carboxylic acids is 1. The molecule has 0 saturated carbocycles. The number of hydrogen-bond donors (Lipinski definition) is 2. The molecular formula is C22H26F3NO6. The fraction of sp³-hybridized carbons (Fsp3) is 0.409. The third kappa shape index (κ3) is 9.78. The van der Waals surface area contributed by atoms with Gasteiger partial charge in [-0.1, -0.05) is 30.9 Å². The second-order valence-corrected chi connectivity index (χ2v) is 6.75. The first-order valence-corrected chi connectivity index (χ1v) is 9.74. The maximum atomic E-state index is 12.4. The van der Waals surface area contributed by atoms with Crippen molar-refractivity contribution in [3.8, 4) is 5.75 Å². The molecule has 1 aliphatic rings. The van der Waals surface area contributed by atoms with Crippen LogP contribution < -0.4 is 10.1 Å². The van der Waals surface area contributed by atoms with E-state index >= 15 is 0 Å². The van der Waals surface area contributed by atoms with Crippen LogP contribution in [0.3, 0.4) is 0 Å². The van der Waals surface area contributed by atoms with Crippen LogP contribution in [0.5, 0.6) is 5.75 Å². The highest BCUT2D eigenvalue weighted by Crippen LogP contribution is 2.21. The Hall–Kier alpha value is -3.14. The lowest BCUT2D eigenvalue weighted by Gasteiger charge is -2.24. The summed E-state index contributed by atoms with van der Waals surface area (Å²) in [5.41, 5.74) is 1.80. The predicted molar refractivity (Wildman–Crippen MR) is 110 cm³/mol. The number of allylic oxidation sites excluding steroid dienone is 1. The van der Waals surface area contributed by atoms with E-state index in [9.17, 15) is 22.8 Å². The van der Waals surface area contributed by atoms with Crippen LogP contribution in [-0.4, -0.2) is 48.8 Å². The quantitative estimate of drug-likeness (QED) is 0.332. The van der Waals surface area contributed by atoms with Crippen LogP contribution >= 0.6 is 0 Å². The van der Waals surface area contributed by atoms with E-state index in [1.807, 2.05) is 30.3 Å². The minimum atomic E-state index is -5.08. The molecular weight excluding hydrogens is 431 g/mol. The summed E-state index contributed by atoms with van der Waals surface area (Å²) >= 11 is 0. The summed E-state index contributed by atoms with van der Waals surface area (Å²) in [4.78, 5) is 33.0. The molecule has 0 amide bonds. The summed E-state index contributed by atoms with van der Waals surface area (Å²) in [6.45, 7) is 4.27. The van der Waals surface area contributed by atoms with Crippen molar-refractivity contribution in [1.82, 2.24) is 5.32 Å². The topological polar surface area (TPSA) is 102 Å². The van der Waals surface area contributed by atoms with Crippen molar-refractivity contribution in [2.75, 3.05) is 13.7 Å². The van der Waals surface area contributed by atoms with Crippen LogP contribution in [0.15, 0.2) is 48.6 Å². The largest absolute Gasteiger partial charge is 0.497 e. The third-order valence-electron chi connectivity index (χ3n) is 4.38. The molecule has 0 fully saturated rings. The Balaban J connectivity index is 0.000000633. The predicted octanol–water partition coefficient (Wildman–Crippen LogP) is 3.59. The van der Waals surface area contributed by atoms with Gasteiger partial charge >= 0.3 is 18.1 Å². The molecule has 0 aromatic heterocycles. The number of carbonyl (C=O) groups is 3. The molecule has 0 saturated heterocycles. The highest BCUT2D eigenvalue weighted by atomic mass is 19.4. The van der Waals surface area contributed by atoms with Crippen LogP contribution in [0, 0.1) is 0 Å². The Labute approximate surface area is 183 Å². The van der Waals surface area contributed by atoms with Gasteiger partial charge in [0.2, 0.25) is 0 Å². The van der Waals surface area contributed by atoms with Gasteiger partial charge in [0.25, 0.3) is 0 Å². The molecule has 2 rings (SSSR count). The second kappa shape index (κ2) is 13.3. The zero-order chi connectivity index (χ0) is 24.1. The van der Waals surface area contributed by atoms with Crippen molar-refractivity contribution in [1.29, 1.82) is 0 Å². The molecule has 0 heterocycles. The average Bonchev–Trinajstić information content (AvgIpc) is 2.76. The molecule has 0 aliphatic heterocycles. The first-order chi connectivity index (χ1) is 15.1. The Morgan fingerprint density at radius 3 is 2.41 bits per heavy atom.